The molecule has 0 radical (unpaired) electrons. The van der Waals surface area contributed by atoms with E-state index in [1.807, 2.05) is 13.8 Å². The molecule has 7 heteroatoms. The second kappa shape index (κ2) is 6.00. The van der Waals surface area contributed by atoms with Crippen LogP contribution in [0, 0.1) is 6.92 Å². The summed E-state index contributed by atoms with van der Waals surface area (Å²) >= 11 is 0. The van der Waals surface area contributed by atoms with E-state index in [4.69, 9.17) is 11.6 Å². The highest BCUT2D eigenvalue weighted by Crippen LogP contribution is 2.19. The first-order valence-corrected chi connectivity index (χ1v) is 5.44. The maximum absolute atomic E-state index is 10.6. The molecule has 0 bridgehead atoms. The van der Waals surface area contributed by atoms with Gasteiger partial charge in [0.2, 0.25) is 5.91 Å². The number of nitrogen functional groups attached to an aromatic ring is 1. The third-order valence-electron chi connectivity index (χ3n) is 2.31. The molecule has 7 nitrogen and oxygen atoms in total. The summed E-state index contributed by atoms with van der Waals surface area (Å²) in [5.41, 5.74) is 8.40. The van der Waals surface area contributed by atoms with Crippen molar-refractivity contribution >= 4 is 17.5 Å². The fraction of sp³-hybridized carbons (Fsp3) is 0.500. The van der Waals surface area contributed by atoms with E-state index >= 15 is 0 Å². The summed E-state index contributed by atoms with van der Waals surface area (Å²) in [6.07, 6.45) is 0.968. The van der Waals surface area contributed by atoms with Crippen LogP contribution >= 0.6 is 0 Å². The average Bonchev–Trinajstić information content (AvgIpc) is 2.31. The van der Waals surface area contributed by atoms with E-state index < -0.39 is 0 Å². The topological polar surface area (TPSA) is 119 Å². The summed E-state index contributed by atoms with van der Waals surface area (Å²) in [6, 6.07) is 0. The van der Waals surface area contributed by atoms with Gasteiger partial charge in [-0.2, -0.15) is 0 Å². The molecule has 1 amide bonds. The fourth-order valence-electron chi connectivity index (χ4n) is 1.34. The minimum absolute atomic E-state index is 0.260. The number of carbonyl (C=O) groups excluding carboxylic acids is 1. The number of anilines is 2. The van der Waals surface area contributed by atoms with Gasteiger partial charge in [0.15, 0.2) is 0 Å². The normalized spacial score (nSPS) is 10.1. The van der Waals surface area contributed by atoms with Crippen molar-refractivity contribution in [2.45, 2.75) is 26.7 Å². The fourth-order valence-corrected chi connectivity index (χ4v) is 1.34. The van der Waals surface area contributed by atoms with Crippen molar-refractivity contribution < 1.29 is 4.79 Å². The van der Waals surface area contributed by atoms with Gasteiger partial charge in [0.1, 0.15) is 17.5 Å². The second-order valence-corrected chi connectivity index (χ2v) is 3.60. The number of primary amides is 1. The zero-order valence-corrected chi connectivity index (χ0v) is 10.1. The number of carbonyl (C=O) groups is 1. The van der Waals surface area contributed by atoms with Crippen molar-refractivity contribution in [2.75, 3.05) is 17.3 Å². The lowest BCUT2D eigenvalue weighted by atomic mass is 10.3. The quantitative estimate of drug-likeness (QED) is 0.406. The molecule has 0 aliphatic heterocycles. The largest absolute Gasteiger partial charge is 0.370 e. The number of hydrogen-bond donors (Lipinski definition) is 4. The molecule has 0 unspecified atom stereocenters. The summed E-state index contributed by atoms with van der Waals surface area (Å²) in [4.78, 5) is 19.2. The molecule has 94 valence electrons. The minimum Gasteiger partial charge on any atom is -0.370 e. The van der Waals surface area contributed by atoms with E-state index in [1.54, 1.807) is 0 Å². The van der Waals surface area contributed by atoms with E-state index in [-0.39, 0.29) is 12.3 Å². The van der Waals surface area contributed by atoms with Gasteiger partial charge in [-0.05, 0) is 6.92 Å². The Labute approximate surface area is 100.0 Å². The molecule has 0 atom stereocenters. The van der Waals surface area contributed by atoms with Crippen LogP contribution in [0.1, 0.15) is 24.7 Å². The number of nitrogens with zero attached hydrogens (tertiary/aromatic N) is 2. The van der Waals surface area contributed by atoms with Gasteiger partial charge in [-0.3, -0.25) is 4.79 Å². The Morgan fingerprint density at radius 1 is 1.35 bits per heavy atom. The lowest BCUT2D eigenvalue weighted by molar-refractivity contribution is -0.117. The van der Waals surface area contributed by atoms with Gasteiger partial charge in [-0.25, -0.2) is 15.8 Å². The zero-order chi connectivity index (χ0) is 12.8. The van der Waals surface area contributed by atoms with Crippen molar-refractivity contribution in [1.29, 1.82) is 0 Å². The number of aryl methyl sites for hydroxylation is 1. The molecule has 0 fully saturated rings. The molecule has 0 saturated heterocycles. The predicted molar refractivity (Wildman–Crippen MR) is 66.3 cm³/mol. The van der Waals surface area contributed by atoms with Crippen LogP contribution in [0.5, 0.6) is 0 Å². The smallest absolute Gasteiger partial charge is 0.219 e. The van der Waals surface area contributed by atoms with Crippen molar-refractivity contribution in [3.8, 4) is 0 Å². The van der Waals surface area contributed by atoms with Crippen LogP contribution < -0.4 is 22.3 Å². The number of aromatic nitrogens is 2. The Balaban J connectivity index is 2.85. The summed E-state index contributed by atoms with van der Waals surface area (Å²) in [6.45, 7) is 4.25. The highest BCUT2D eigenvalue weighted by atomic mass is 16.1. The van der Waals surface area contributed by atoms with Gasteiger partial charge in [0, 0.05) is 24.9 Å². The third-order valence-corrected chi connectivity index (χ3v) is 2.31. The van der Waals surface area contributed by atoms with Crippen molar-refractivity contribution in [3.63, 3.8) is 0 Å². The van der Waals surface area contributed by atoms with E-state index in [0.717, 1.165) is 5.56 Å². The van der Waals surface area contributed by atoms with E-state index in [9.17, 15) is 4.79 Å². The van der Waals surface area contributed by atoms with Crippen molar-refractivity contribution in [1.82, 2.24) is 9.97 Å². The van der Waals surface area contributed by atoms with Crippen LogP contribution in [0.15, 0.2) is 0 Å². The SMILES string of the molecule is CCc1nc(NN)c(C)c(NCCC(N)=O)n1. The Morgan fingerprint density at radius 2 is 2.00 bits per heavy atom. The van der Waals surface area contributed by atoms with Gasteiger partial charge < -0.3 is 16.5 Å². The molecule has 1 aromatic rings. The monoisotopic (exact) mass is 238 g/mol. The standard InChI is InChI=1S/C10H18N6O/c1-3-8-14-9(13-5-4-7(11)17)6(2)10(15-8)16-12/h3-5,12H2,1-2H3,(H2,11,17)(H2,13,14,15,16). The van der Waals surface area contributed by atoms with Crippen LogP contribution in [0.25, 0.3) is 0 Å². The van der Waals surface area contributed by atoms with Gasteiger partial charge in [-0.15, -0.1) is 0 Å². The summed E-state index contributed by atoms with van der Waals surface area (Å²) in [5, 5.41) is 3.05. The minimum atomic E-state index is -0.350. The highest BCUT2D eigenvalue weighted by Gasteiger charge is 2.09. The molecule has 1 heterocycles. The molecule has 0 spiro atoms. The predicted octanol–water partition coefficient (Wildman–Crippen LogP) is -0.0797. The van der Waals surface area contributed by atoms with Crippen LogP contribution in [0.2, 0.25) is 0 Å². The van der Waals surface area contributed by atoms with Crippen LogP contribution in [0.3, 0.4) is 0 Å². The molecule has 1 aromatic heterocycles. The van der Waals surface area contributed by atoms with Crippen molar-refractivity contribution in [2.24, 2.45) is 11.6 Å². The van der Waals surface area contributed by atoms with E-state index in [1.165, 1.54) is 0 Å². The molecule has 6 N–H and O–H groups in total. The molecular weight excluding hydrogens is 220 g/mol. The molecule has 0 aromatic carbocycles. The van der Waals surface area contributed by atoms with Crippen LogP contribution in [-0.2, 0) is 11.2 Å². The number of hydrogen-bond acceptors (Lipinski definition) is 6. The summed E-state index contributed by atoms with van der Waals surface area (Å²) < 4.78 is 0. The van der Waals surface area contributed by atoms with Gasteiger partial charge >= 0.3 is 0 Å². The lowest BCUT2D eigenvalue weighted by Crippen LogP contribution is -2.18. The van der Waals surface area contributed by atoms with Crippen molar-refractivity contribution in [3.05, 3.63) is 11.4 Å². The van der Waals surface area contributed by atoms with Gasteiger partial charge in [0.05, 0.1) is 0 Å². The average molecular weight is 238 g/mol. The first-order valence-electron chi connectivity index (χ1n) is 5.44. The number of rotatable bonds is 6. The Bertz CT molecular complexity index is 406. The molecule has 0 saturated carbocycles. The first-order chi connectivity index (χ1) is 8.08. The number of hydrazine groups is 1. The lowest BCUT2D eigenvalue weighted by Gasteiger charge is -2.12. The molecular formula is C10H18N6O. The van der Waals surface area contributed by atoms with Gasteiger partial charge in [0.25, 0.3) is 0 Å². The molecule has 17 heavy (non-hydrogen) atoms. The maximum atomic E-state index is 10.6. The third kappa shape index (κ3) is 3.56. The number of amides is 1. The van der Waals surface area contributed by atoms with Gasteiger partial charge in [-0.1, -0.05) is 6.92 Å². The zero-order valence-electron chi connectivity index (χ0n) is 10.1. The molecule has 1 rings (SSSR count). The second-order valence-electron chi connectivity index (χ2n) is 3.60. The number of nitrogens with one attached hydrogen (secondary N) is 2. The van der Waals surface area contributed by atoms with E-state index in [0.29, 0.717) is 30.4 Å². The Morgan fingerprint density at radius 3 is 2.53 bits per heavy atom. The van der Waals surface area contributed by atoms with Crippen LogP contribution in [0.4, 0.5) is 11.6 Å². The number of nitrogens with two attached hydrogens (primary N) is 2. The summed E-state index contributed by atoms with van der Waals surface area (Å²) in [7, 11) is 0. The van der Waals surface area contributed by atoms with Crippen LogP contribution in [-0.4, -0.2) is 22.4 Å². The Kier molecular flexibility index (Phi) is 4.65. The molecule has 0 aliphatic rings. The maximum Gasteiger partial charge on any atom is 0.219 e. The summed E-state index contributed by atoms with van der Waals surface area (Å²) in [5.74, 6) is 6.97. The van der Waals surface area contributed by atoms with E-state index in [2.05, 4.69) is 20.7 Å². The molecule has 0 aliphatic carbocycles. The Hall–Kier alpha value is -1.89. The highest BCUT2D eigenvalue weighted by molar-refractivity contribution is 5.74. The first kappa shape index (κ1) is 13.2.